The van der Waals surface area contributed by atoms with Gasteiger partial charge < -0.3 is 10.2 Å². The summed E-state index contributed by atoms with van der Waals surface area (Å²) < 4.78 is 28.7. The maximum atomic E-state index is 10.2. The van der Waals surface area contributed by atoms with Gasteiger partial charge in [0.15, 0.2) is 5.25 Å². The zero-order valence-corrected chi connectivity index (χ0v) is 20.5. The van der Waals surface area contributed by atoms with E-state index in [-0.39, 0.29) is 0 Å². The van der Waals surface area contributed by atoms with Crippen molar-refractivity contribution in [3.8, 4) is 0 Å². The predicted octanol–water partition coefficient (Wildman–Crippen LogP) is 4.74. The third kappa shape index (κ3) is 15.7. The molecule has 0 aromatic carbocycles. The summed E-state index contributed by atoms with van der Waals surface area (Å²) >= 11 is 0. The second-order valence-corrected chi connectivity index (χ2v) is 14.5. The SMILES string of the molecule is CCCC[PH](CCCC)(CCCC)CCCC.O=C(O)CC(C(=O)O)S(=O)(=O)O. The number of rotatable bonds is 16. The Kier molecular flexibility index (Phi) is 17.9. The van der Waals surface area contributed by atoms with Gasteiger partial charge in [0.25, 0.3) is 10.1 Å². The number of carboxylic acids is 2. The van der Waals surface area contributed by atoms with Crippen molar-refractivity contribution in [2.45, 2.75) is 90.7 Å². The van der Waals surface area contributed by atoms with Crippen molar-refractivity contribution in [1.29, 1.82) is 0 Å². The van der Waals surface area contributed by atoms with Gasteiger partial charge in [0.05, 0.1) is 6.42 Å². The summed E-state index contributed by atoms with van der Waals surface area (Å²) in [5.41, 5.74) is 0. The van der Waals surface area contributed by atoms with E-state index in [1.165, 1.54) is 51.4 Å². The van der Waals surface area contributed by atoms with E-state index in [0.29, 0.717) is 0 Å². The van der Waals surface area contributed by atoms with Crippen LogP contribution in [0.15, 0.2) is 0 Å². The fourth-order valence-corrected chi connectivity index (χ4v) is 9.96. The van der Waals surface area contributed by atoms with E-state index in [1.54, 1.807) is 24.6 Å². The topological polar surface area (TPSA) is 129 Å². The Bertz CT molecular complexity index is 512. The molecule has 7 nitrogen and oxygen atoms in total. The molecule has 29 heavy (non-hydrogen) atoms. The molecule has 0 saturated heterocycles. The van der Waals surface area contributed by atoms with Crippen molar-refractivity contribution in [1.82, 2.24) is 0 Å². The second kappa shape index (κ2) is 17.0. The molecule has 3 N–H and O–H groups in total. The third-order valence-electron chi connectivity index (χ3n) is 5.24. The first-order chi connectivity index (χ1) is 13.5. The fourth-order valence-electron chi connectivity index (χ4n) is 3.44. The molecule has 1 unspecified atom stereocenters. The van der Waals surface area contributed by atoms with Crippen LogP contribution in [0.4, 0.5) is 0 Å². The summed E-state index contributed by atoms with van der Waals surface area (Å²) in [5, 5.41) is 13.9. The van der Waals surface area contributed by atoms with E-state index in [1.807, 2.05) is 0 Å². The molecule has 1 atom stereocenters. The maximum Gasteiger partial charge on any atom is 0.325 e. The van der Waals surface area contributed by atoms with E-state index in [9.17, 15) is 18.0 Å². The number of hydrogen-bond donors (Lipinski definition) is 3. The third-order valence-corrected chi connectivity index (χ3v) is 12.0. The average Bonchev–Trinajstić information content (AvgIpc) is 2.64. The van der Waals surface area contributed by atoms with Gasteiger partial charge in [-0.15, -0.1) is 0 Å². The van der Waals surface area contributed by atoms with Gasteiger partial charge in [0, 0.05) is 0 Å². The molecule has 0 heterocycles. The van der Waals surface area contributed by atoms with E-state index in [4.69, 9.17) is 14.8 Å². The van der Waals surface area contributed by atoms with Crippen molar-refractivity contribution in [2.75, 3.05) is 24.6 Å². The number of carbonyl (C=O) groups is 2. The first-order valence-electron chi connectivity index (χ1n) is 10.9. The number of aliphatic carboxylic acids is 2. The van der Waals surface area contributed by atoms with Crippen LogP contribution < -0.4 is 0 Å². The predicted molar refractivity (Wildman–Crippen MR) is 123 cm³/mol. The Morgan fingerprint density at radius 2 is 1.07 bits per heavy atom. The second-order valence-electron chi connectivity index (χ2n) is 7.85. The molecule has 0 aromatic rings. The summed E-state index contributed by atoms with van der Waals surface area (Å²) in [4.78, 5) is 20.0. The molecule has 0 saturated carbocycles. The molecular formula is C20H43O7PS. The van der Waals surface area contributed by atoms with Crippen molar-refractivity contribution < 1.29 is 32.8 Å². The Morgan fingerprint density at radius 3 is 1.21 bits per heavy atom. The van der Waals surface area contributed by atoms with Crippen LogP contribution in [0.5, 0.6) is 0 Å². The van der Waals surface area contributed by atoms with E-state index in [0.717, 1.165) is 0 Å². The van der Waals surface area contributed by atoms with Gasteiger partial charge in [-0.05, 0) is 0 Å². The average molecular weight is 459 g/mol. The summed E-state index contributed by atoms with van der Waals surface area (Å²) in [5.74, 6) is -3.50. The van der Waals surface area contributed by atoms with Crippen LogP contribution in [-0.2, 0) is 19.7 Å². The van der Waals surface area contributed by atoms with Gasteiger partial charge in [0.1, 0.15) is 0 Å². The molecule has 0 aliphatic carbocycles. The number of unbranched alkanes of at least 4 members (excludes halogenated alkanes) is 4. The zero-order valence-electron chi connectivity index (χ0n) is 18.7. The Balaban J connectivity index is 0. The number of hydrogen-bond acceptors (Lipinski definition) is 4. The Hall–Kier alpha value is -0.720. The van der Waals surface area contributed by atoms with Crippen LogP contribution in [0.1, 0.15) is 85.5 Å². The van der Waals surface area contributed by atoms with Crippen LogP contribution in [-0.4, -0.2) is 65.0 Å². The summed E-state index contributed by atoms with van der Waals surface area (Å²) in [7, 11) is -5.72. The largest absolute Gasteiger partial charge is 0.481 e. The van der Waals surface area contributed by atoms with Crippen LogP contribution in [0.25, 0.3) is 0 Å². The molecule has 0 aromatic heterocycles. The van der Waals surface area contributed by atoms with Gasteiger partial charge in [-0.25, -0.2) is 0 Å². The van der Waals surface area contributed by atoms with Gasteiger partial charge in [-0.2, -0.15) is 8.42 Å². The Morgan fingerprint density at radius 1 is 0.759 bits per heavy atom. The smallest absolute Gasteiger partial charge is 0.325 e. The molecule has 176 valence electrons. The molecule has 0 radical (unpaired) electrons. The van der Waals surface area contributed by atoms with Crippen molar-refractivity contribution >= 4 is 29.3 Å². The normalized spacial score (nSPS) is 13.3. The Labute approximate surface area is 177 Å². The molecule has 0 spiro atoms. The van der Waals surface area contributed by atoms with Gasteiger partial charge in [0.2, 0.25) is 0 Å². The van der Waals surface area contributed by atoms with E-state index < -0.39 is 41.0 Å². The summed E-state index contributed by atoms with van der Waals surface area (Å²) in [6, 6.07) is 0. The van der Waals surface area contributed by atoms with Gasteiger partial charge >= 0.3 is 123 Å². The molecular weight excluding hydrogens is 415 g/mol. The van der Waals surface area contributed by atoms with Crippen LogP contribution in [0, 0.1) is 0 Å². The van der Waals surface area contributed by atoms with Crippen LogP contribution in [0.3, 0.4) is 0 Å². The van der Waals surface area contributed by atoms with Crippen LogP contribution in [0.2, 0.25) is 0 Å². The van der Waals surface area contributed by atoms with Gasteiger partial charge in [-0.3, -0.25) is 14.1 Å². The van der Waals surface area contributed by atoms with Crippen LogP contribution >= 0.6 is 7.26 Å². The number of carboxylic acid groups (broad SMARTS) is 2. The molecule has 0 amide bonds. The summed E-state index contributed by atoms with van der Waals surface area (Å²) in [6.07, 6.45) is 17.0. The van der Waals surface area contributed by atoms with E-state index >= 15 is 0 Å². The van der Waals surface area contributed by atoms with Crippen molar-refractivity contribution in [2.24, 2.45) is 0 Å². The molecule has 0 aliphatic rings. The minimum Gasteiger partial charge on any atom is -0.481 e. The first kappa shape index (κ1) is 30.5. The summed E-state index contributed by atoms with van der Waals surface area (Å²) in [6.45, 7) is 9.44. The molecule has 9 heteroatoms. The van der Waals surface area contributed by atoms with Crippen molar-refractivity contribution in [3.05, 3.63) is 0 Å². The minimum absolute atomic E-state index is 0.879. The maximum absolute atomic E-state index is 10.2. The minimum atomic E-state index is -4.84. The molecule has 0 rings (SSSR count). The zero-order chi connectivity index (χ0) is 22.9. The monoisotopic (exact) mass is 458 g/mol. The molecule has 0 bridgehead atoms. The fraction of sp³-hybridized carbons (Fsp3) is 0.900. The first-order valence-corrected chi connectivity index (χ1v) is 15.2. The quantitative estimate of drug-likeness (QED) is 0.225. The van der Waals surface area contributed by atoms with Gasteiger partial charge in [-0.1, -0.05) is 0 Å². The van der Waals surface area contributed by atoms with E-state index in [2.05, 4.69) is 27.7 Å². The standard InChI is InChI=1S/C16H37P.C4H6O7S/c1-5-9-13-17(14-10-6-2,15-11-7-3)16-12-8-4;5-3(6)1-2(4(7)8)12(9,10)11/h17H,5-16H2,1-4H3;2H,1H2,(H,5,6)(H,7,8)(H,9,10,11). The van der Waals surface area contributed by atoms with Crippen molar-refractivity contribution in [3.63, 3.8) is 0 Å². The molecule has 0 aliphatic heterocycles. The molecule has 0 fully saturated rings.